The summed E-state index contributed by atoms with van der Waals surface area (Å²) >= 11 is 11.6. The molecule has 2 atom stereocenters. The Bertz CT molecular complexity index is 891. The molecule has 30 heavy (non-hydrogen) atoms. The van der Waals surface area contributed by atoms with Gasteiger partial charge in [0, 0.05) is 6.54 Å². The first-order valence-electron chi connectivity index (χ1n) is 8.73. The summed E-state index contributed by atoms with van der Waals surface area (Å²) in [7, 11) is -4.28. The second-order valence-corrected chi connectivity index (χ2v) is 9.20. The van der Waals surface area contributed by atoms with Crippen LogP contribution in [-0.2, 0) is 24.3 Å². The largest absolute Gasteiger partial charge is 0.454 e. The number of carbonyl (C=O) groups excluding carboxylic acids is 3. The number of hydrogen-bond donors (Lipinski definition) is 4. The van der Waals surface area contributed by atoms with Crippen molar-refractivity contribution in [3.05, 3.63) is 28.2 Å². The lowest BCUT2D eigenvalue weighted by Gasteiger charge is -2.20. The van der Waals surface area contributed by atoms with Gasteiger partial charge in [-0.25, -0.2) is 13.2 Å². The molecular formula is C17H23Cl2N3O7S. The Morgan fingerprint density at radius 2 is 1.77 bits per heavy atom. The maximum Gasteiger partial charge on any atom is 0.327 e. The van der Waals surface area contributed by atoms with Crippen molar-refractivity contribution >= 4 is 51.1 Å². The van der Waals surface area contributed by atoms with Gasteiger partial charge in [0.15, 0.2) is 6.61 Å². The molecule has 168 valence electrons. The number of ether oxygens (including phenoxy) is 1. The molecule has 10 nitrogen and oxygen atoms in total. The molecule has 1 aromatic rings. The maximum atomic E-state index is 12.5. The van der Waals surface area contributed by atoms with Crippen LogP contribution < -0.4 is 15.4 Å². The molecule has 0 radical (unpaired) electrons. The zero-order chi connectivity index (χ0) is 23.1. The highest BCUT2D eigenvalue weighted by Crippen LogP contribution is 2.25. The highest BCUT2D eigenvalue weighted by molar-refractivity contribution is 7.89. The van der Waals surface area contributed by atoms with Crippen molar-refractivity contribution < 1.29 is 32.6 Å². The molecule has 1 aromatic carbocycles. The van der Waals surface area contributed by atoms with Gasteiger partial charge in [0.1, 0.15) is 6.04 Å². The highest BCUT2D eigenvalue weighted by atomic mass is 35.5. The number of imide groups is 1. The number of aliphatic hydroxyl groups excluding tert-OH is 1. The normalized spacial score (nSPS) is 13.4. The summed E-state index contributed by atoms with van der Waals surface area (Å²) in [5, 5.41) is 14.3. The van der Waals surface area contributed by atoms with Gasteiger partial charge in [-0.05, 0) is 31.0 Å². The number of urea groups is 1. The van der Waals surface area contributed by atoms with Crippen LogP contribution in [0.2, 0.25) is 10.0 Å². The van der Waals surface area contributed by atoms with E-state index in [2.05, 4.69) is 5.32 Å². The Balaban J connectivity index is 2.73. The van der Waals surface area contributed by atoms with Gasteiger partial charge in [0.25, 0.3) is 5.91 Å². The molecule has 1 rings (SSSR count). The number of aliphatic hydroxyl groups is 1. The van der Waals surface area contributed by atoms with E-state index in [1.54, 1.807) is 0 Å². The molecule has 13 heteroatoms. The quantitative estimate of drug-likeness (QED) is 0.383. The maximum absolute atomic E-state index is 12.5. The Kier molecular flexibility index (Phi) is 9.98. The fourth-order valence-corrected chi connectivity index (χ4v) is 3.60. The van der Waals surface area contributed by atoms with Crippen LogP contribution in [0.25, 0.3) is 0 Å². The summed E-state index contributed by atoms with van der Waals surface area (Å²) in [6.45, 7) is 4.35. The van der Waals surface area contributed by atoms with Crippen LogP contribution in [0.4, 0.5) is 4.79 Å². The van der Waals surface area contributed by atoms with Crippen LogP contribution in [0.5, 0.6) is 0 Å². The molecule has 0 saturated carbocycles. The zero-order valence-corrected chi connectivity index (χ0v) is 18.8. The van der Waals surface area contributed by atoms with Crippen LogP contribution in [0.15, 0.2) is 23.1 Å². The summed E-state index contributed by atoms with van der Waals surface area (Å²) < 4.78 is 31.6. The van der Waals surface area contributed by atoms with E-state index in [4.69, 9.17) is 27.9 Å². The average molecular weight is 484 g/mol. The summed E-state index contributed by atoms with van der Waals surface area (Å²) in [6, 6.07) is 0.997. The van der Waals surface area contributed by atoms with E-state index in [-0.39, 0.29) is 20.9 Å². The summed E-state index contributed by atoms with van der Waals surface area (Å²) in [5.41, 5.74) is 0. The van der Waals surface area contributed by atoms with E-state index < -0.39 is 46.7 Å². The predicted molar refractivity (Wildman–Crippen MR) is 110 cm³/mol. The molecule has 0 saturated heterocycles. The van der Waals surface area contributed by atoms with Crippen LogP contribution in [0.1, 0.15) is 20.8 Å². The smallest absolute Gasteiger partial charge is 0.327 e. The first kappa shape index (κ1) is 26.1. The number of esters is 1. The minimum Gasteiger partial charge on any atom is -0.454 e. The van der Waals surface area contributed by atoms with Crippen LogP contribution >= 0.6 is 23.2 Å². The van der Waals surface area contributed by atoms with Gasteiger partial charge in [0.05, 0.1) is 21.0 Å². The molecule has 0 spiro atoms. The predicted octanol–water partition coefficient (Wildman–Crippen LogP) is 1.05. The molecule has 0 aliphatic heterocycles. The van der Waals surface area contributed by atoms with Crippen molar-refractivity contribution in [3.8, 4) is 0 Å². The van der Waals surface area contributed by atoms with E-state index in [9.17, 15) is 27.9 Å². The molecule has 0 aliphatic carbocycles. The standard InChI is InChI=1S/C17H23Cl2N3O7S/c1-9(2)7-20-17(26)21-14(24)8-29-16(25)15(10(3)23)22-30(27,28)11-4-5-12(18)13(19)6-11/h4-6,9-10,15,22-23H,7-8H2,1-3H3,(H2,20,21,24,26). The fraction of sp³-hybridized carbons (Fsp3) is 0.471. The molecule has 0 bridgehead atoms. The fourth-order valence-electron chi connectivity index (χ4n) is 1.95. The summed E-state index contributed by atoms with van der Waals surface area (Å²) in [5.74, 6) is -1.98. The number of halogens is 2. The lowest BCUT2D eigenvalue weighted by atomic mass is 10.2. The molecule has 0 aromatic heterocycles. The SMILES string of the molecule is CC(C)CNC(=O)NC(=O)COC(=O)C(NS(=O)(=O)c1ccc(Cl)c(Cl)c1)C(C)O. The van der Waals surface area contributed by atoms with Crippen molar-refractivity contribution in [1.29, 1.82) is 0 Å². The molecule has 4 N–H and O–H groups in total. The molecule has 3 amide bonds. The molecule has 0 fully saturated rings. The number of carbonyl (C=O) groups is 3. The second kappa shape index (κ2) is 11.5. The Morgan fingerprint density at radius 1 is 1.13 bits per heavy atom. The molecule has 0 aliphatic rings. The Hall–Kier alpha value is -1.92. The van der Waals surface area contributed by atoms with Gasteiger partial charge < -0.3 is 15.2 Å². The zero-order valence-electron chi connectivity index (χ0n) is 16.4. The Morgan fingerprint density at radius 3 is 2.30 bits per heavy atom. The third-order valence-electron chi connectivity index (χ3n) is 3.49. The number of sulfonamides is 1. The van der Waals surface area contributed by atoms with Crippen LogP contribution in [0, 0.1) is 5.92 Å². The van der Waals surface area contributed by atoms with Crippen LogP contribution in [0.3, 0.4) is 0 Å². The van der Waals surface area contributed by atoms with Gasteiger partial charge >= 0.3 is 12.0 Å². The van der Waals surface area contributed by atoms with Crippen molar-refractivity contribution in [2.45, 2.75) is 37.8 Å². The molecular weight excluding hydrogens is 461 g/mol. The minimum absolute atomic E-state index is 0.0249. The number of rotatable bonds is 9. The lowest BCUT2D eigenvalue weighted by Crippen LogP contribution is -2.49. The number of amides is 3. The second-order valence-electron chi connectivity index (χ2n) is 6.68. The molecule has 0 heterocycles. The average Bonchev–Trinajstić information content (AvgIpc) is 2.64. The third-order valence-corrected chi connectivity index (χ3v) is 5.67. The monoisotopic (exact) mass is 483 g/mol. The van der Waals surface area contributed by atoms with Gasteiger partial charge in [-0.3, -0.25) is 14.9 Å². The van der Waals surface area contributed by atoms with Gasteiger partial charge in [-0.15, -0.1) is 0 Å². The van der Waals surface area contributed by atoms with Crippen molar-refractivity contribution in [2.75, 3.05) is 13.2 Å². The summed E-state index contributed by atoms with van der Waals surface area (Å²) in [6.07, 6.45) is -1.49. The van der Waals surface area contributed by atoms with Gasteiger partial charge in [-0.2, -0.15) is 4.72 Å². The highest BCUT2D eigenvalue weighted by Gasteiger charge is 2.31. The van der Waals surface area contributed by atoms with Crippen molar-refractivity contribution in [3.63, 3.8) is 0 Å². The van der Waals surface area contributed by atoms with E-state index >= 15 is 0 Å². The minimum atomic E-state index is -4.28. The third kappa shape index (κ3) is 8.44. The summed E-state index contributed by atoms with van der Waals surface area (Å²) in [4.78, 5) is 35.1. The van der Waals surface area contributed by atoms with E-state index in [0.29, 0.717) is 6.54 Å². The van der Waals surface area contributed by atoms with E-state index in [1.807, 2.05) is 23.9 Å². The Labute approximate surface area is 184 Å². The van der Waals surface area contributed by atoms with Crippen LogP contribution in [-0.4, -0.2) is 56.7 Å². The first-order valence-corrected chi connectivity index (χ1v) is 11.0. The van der Waals surface area contributed by atoms with Gasteiger partial charge in [-0.1, -0.05) is 37.0 Å². The van der Waals surface area contributed by atoms with E-state index in [1.165, 1.54) is 6.07 Å². The van der Waals surface area contributed by atoms with Crippen molar-refractivity contribution in [1.82, 2.24) is 15.4 Å². The number of hydrogen-bond acceptors (Lipinski definition) is 7. The van der Waals surface area contributed by atoms with E-state index in [0.717, 1.165) is 19.1 Å². The molecule has 2 unspecified atom stereocenters. The first-order chi connectivity index (χ1) is 13.8. The lowest BCUT2D eigenvalue weighted by molar-refractivity contribution is -0.152. The number of benzene rings is 1. The van der Waals surface area contributed by atoms with Gasteiger partial charge in [0.2, 0.25) is 10.0 Å². The topological polar surface area (TPSA) is 151 Å². The van der Waals surface area contributed by atoms with Crippen molar-refractivity contribution in [2.24, 2.45) is 5.92 Å². The number of nitrogens with one attached hydrogen (secondary N) is 3.